The Hall–Kier alpha value is -2.34. The molecule has 2 heterocycles. The highest BCUT2D eigenvalue weighted by molar-refractivity contribution is 5.77. The van der Waals surface area contributed by atoms with Crippen molar-refractivity contribution in [1.29, 1.82) is 0 Å². The first-order valence-corrected chi connectivity index (χ1v) is 9.07. The maximum atomic E-state index is 12.9. The Labute approximate surface area is 153 Å². The number of benzene rings is 1. The smallest absolute Gasteiger partial charge is 0.258 e. The van der Waals surface area contributed by atoms with E-state index < -0.39 is 0 Å². The fourth-order valence-corrected chi connectivity index (χ4v) is 3.21. The fraction of sp³-hybridized carbons (Fsp3) is 0.450. The van der Waals surface area contributed by atoms with Crippen LogP contribution in [0, 0.1) is 12.7 Å². The van der Waals surface area contributed by atoms with E-state index in [1.165, 1.54) is 30.7 Å². The molecule has 3 rings (SSSR count). The number of amides is 1. The van der Waals surface area contributed by atoms with E-state index in [4.69, 9.17) is 9.15 Å². The molecule has 6 heteroatoms. The van der Waals surface area contributed by atoms with Crippen LogP contribution in [0.2, 0.25) is 0 Å². The van der Waals surface area contributed by atoms with Crippen molar-refractivity contribution in [1.82, 2.24) is 10.2 Å². The lowest BCUT2D eigenvalue weighted by molar-refractivity contribution is -0.123. The van der Waals surface area contributed by atoms with Crippen molar-refractivity contribution >= 4 is 5.91 Å². The van der Waals surface area contributed by atoms with Crippen molar-refractivity contribution in [3.8, 4) is 5.75 Å². The molecule has 1 aromatic carbocycles. The van der Waals surface area contributed by atoms with Gasteiger partial charge in [0, 0.05) is 6.54 Å². The third-order valence-electron chi connectivity index (χ3n) is 4.60. The van der Waals surface area contributed by atoms with Crippen LogP contribution in [-0.2, 0) is 4.79 Å². The van der Waals surface area contributed by atoms with E-state index in [0.717, 1.165) is 37.5 Å². The van der Waals surface area contributed by atoms with Crippen LogP contribution in [-0.4, -0.2) is 37.0 Å². The molecule has 1 fully saturated rings. The lowest BCUT2D eigenvalue weighted by Crippen LogP contribution is -2.41. The number of rotatable bonds is 7. The van der Waals surface area contributed by atoms with Crippen molar-refractivity contribution in [2.24, 2.45) is 0 Å². The Bertz CT molecular complexity index is 708. The maximum Gasteiger partial charge on any atom is 0.258 e. The highest BCUT2D eigenvalue weighted by atomic mass is 19.1. The summed E-state index contributed by atoms with van der Waals surface area (Å²) < 4.78 is 24.1. The van der Waals surface area contributed by atoms with Crippen molar-refractivity contribution < 1.29 is 18.3 Å². The van der Waals surface area contributed by atoms with Crippen LogP contribution in [0.5, 0.6) is 5.75 Å². The van der Waals surface area contributed by atoms with E-state index in [9.17, 15) is 9.18 Å². The fourth-order valence-electron chi connectivity index (χ4n) is 3.21. The third-order valence-corrected chi connectivity index (χ3v) is 4.60. The molecule has 0 bridgehead atoms. The van der Waals surface area contributed by atoms with Crippen LogP contribution >= 0.6 is 0 Å². The molecule has 5 nitrogen and oxygen atoms in total. The van der Waals surface area contributed by atoms with E-state index >= 15 is 0 Å². The van der Waals surface area contributed by atoms with Crippen LogP contribution in [0.15, 0.2) is 40.8 Å². The normalized spacial score (nSPS) is 16.2. The molecule has 0 saturated carbocycles. The molecule has 1 saturated heterocycles. The van der Waals surface area contributed by atoms with Gasteiger partial charge < -0.3 is 14.5 Å². The summed E-state index contributed by atoms with van der Waals surface area (Å²) in [6, 6.07) is 9.58. The minimum absolute atomic E-state index is 0.0266. The van der Waals surface area contributed by atoms with E-state index in [2.05, 4.69) is 10.2 Å². The van der Waals surface area contributed by atoms with E-state index in [1.807, 2.05) is 19.1 Å². The van der Waals surface area contributed by atoms with E-state index in [-0.39, 0.29) is 24.4 Å². The molecule has 1 aliphatic rings. The van der Waals surface area contributed by atoms with Gasteiger partial charge in [0.25, 0.3) is 5.91 Å². The number of hydrogen-bond acceptors (Lipinski definition) is 4. The average Bonchev–Trinajstić information content (AvgIpc) is 3.08. The number of aryl methyl sites for hydroxylation is 1. The number of carbonyl (C=O) groups excluding carboxylic acids is 1. The quantitative estimate of drug-likeness (QED) is 0.822. The van der Waals surface area contributed by atoms with Crippen molar-refractivity contribution in [2.45, 2.75) is 32.2 Å². The molecule has 1 aliphatic heterocycles. The molecular formula is C20H25FN2O3. The van der Waals surface area contributed by atoms with Gasteiger partial charge in [-0.1, -0.05) is 6.42 Å². The second kappa shape index (κ2) is 8.85. The lowest BCUT2D eigenvalue weighted by Gasteiger charge is -2.33. The summed E-state index contributed by atoms with van der Waals surface area (Å²) in [5, 5.41) is 2.93. The van der Waals surface area contributed by atoms with Gasteiger partial charge in [-0.05, 0) is 69.3 Å². The molecular weight excluding hydrogens is 335 g/mol. The van der Waals surface area contributed by atoms with Crippen LogP contribution in [0.25, 0.3) is 0 Å². The second-order valence-corrected chi connectivity index (χ2v) is 6.61. The number of carbonyl (C=O) groups is 1. The zero-order valence-electron chi connectivity index (χ0n) is 15.0. The average molecular weight is 360 g/mol. The standard InChI is InChI=1S/C20H25FN2O3/c1-15-5-10-19(26-15)18(23-11-3-2-4-12-23)13-22-20(24)14-25-17-8-6-16(21)7-9-17/h5-10,18H,2-4,11-14H2,1H3,(H,22,24)/t18-/m1/s1. The Kier molecular flexibility index (Phi) is 6.28. The van der Waals surface area contributed by atoms with E-state index in [0.29, 0.717) is 12.3 Å². The summed E-state index contributed by atoms with van der Waals surface area (Å²) in [6.07, 6.45) is 3.58. The van der Waals surface area contributed by atoms with Gasteiger partial charge in [0.15, 0.2) is 6.61 Å². The van der Waals surface area contributed by atoms with Crippen molar-refractivity contribution in [3.05, 3.63) is 53.7 Å². The monoisotopic (exact) mass is 360 g/mol. The topological polar surface area (TPSA) is 54.7 Å². The third kappa shape index (κ3) is 5.08. The minimum atomic E-state index is -0.333. The Morgan fingerprint density at radius 3 is 2.58 bits per heavy atom. The lowest BCUT2D eigenvalue weighted by atomic mass is 10.1. The summed E-state index contributed by atoms with van der Waals surface area (Å²) in [5.41, 5.74) is 0. The molecule has 140 valence electrons. The summed E-state index contributed by atoms with van der Waals surface area (Å²) in [6.45, 7) is 4.30. The first kappa shape index (κ1) is 18.5. The number of ether oxygens (including phenoxy) is 1. The van der Waals surface area contributed by atoms with Gasteiger partial charge >= 0.3 is 0 Å². The van der Waals surface area contributed by atoms with Gasteiger partial charge in [0.05, 0.1) is 6.04 Å². The Balaban J connectivity index is 1.54. The molecule has 1 atom stereocenters. The van der Waals surface area contributed by atoms with Gasteiger partial charge in [-0.2, -0.15) is 0 Å². The predicted molar refractivity (Wildman–Crippen MR) is 96.5 cm³/mol. The largest absolute Gasteiger partial charge is 0.484 e. The molecule has 26 heavy (non-hydrogen) atoms. The number of furan rings is 1. The van der Waals surface area contributed by atoms with Gasteiger partial charge in [-0.15, -0.1) is 0 Å². The molecule has 0 spiro atoms. The highest BCUT2D eigenvalue weighted by Crippen LogP contribution is 2.25. The molecule has 0 radical (unpaired) electrons. The van der Waals surface area contributed by atoms with Gasteiger partial charge in [-0.3, -0.25) is 9.69 Å². The molecule has 0 unspecified atom stereocenters. The van der Waals surface area contributed by atoms with Gasteiger partial charge in [0.2, 0.25) is 0 Å². The number of halogens is 1. The van der Waals surface area contributed by atoms with Crippen LogP contribution in [0.1, 0.15) is 36.8 Å². The molecule has 1 N–H and O–H groups in total. The summed E-state index contributed by atoms with van der Waals surface area (Å²) >= 11 is 0. The van der Waals surface area contributed by atoms with Gasteiger partial charge in [0.1, 0.15) is 23.1 Å². The number of nitrogens with one attached hydrogen (secondary N) is 1. The summed E-state index contributed by atoms with van der Waals surface area (Å²) in [5.74, 6) is 1.67. The van der Waals surface area contributed by atoms with Crippen molar-refractivity contribution in [2.75, 3.05) is 26.2 Å². The van der Waals surface area contributed by atoms with Gasteiger partial charge in [-0.25, -0.2) is 4.39 Å². The maximum absolute atomic E-state index is 12.9. The number of piperidine rings is 1. The molecule has 0 aliphatic carbocycles. The van der Waals surface area contributed by atoms with Crippen LogP contribution in [0.3, 0.4) is 0 Å². The SMILES string of the molecule is Cc1ccc([C@@H](CNC(=O)COc2ccc(F)cc2)N2CCCCC2)o1. The second-order valence-electron chi connectivity index (χ2n) is 6.61. The first-order chi connectivity index (χ1) is 12.6. The van der Waals surface area contributed by atoms with Crippen LogP contribution < -0.4 is 10.1 Å². The predicted octanol–water partition coefficient (Wildman–Crippen LogP) is 3.45. The van der Waals surface area contributed by atoms with Crippen LogP contribution in [0.4, 0.5) is 4.39 Å². The Morgan fingerprint density at radius 2 is 1.92 bits per heavy atom. The Morgan fingerprint density at radius 1 is 1.19 bits per heavy atom. The minimum Gasteiger partial charge on any atom is -0.484 e. The highest BCUT2D eigenvalue weighted by Gasteiger charge is 2.25. The van der Waals surface area contributed by atoms with E-state index in [1.54, 1.807) is 0 Å². The summed E-state index contributed by atoms with van der Waals surface area (Å²) in [7, 11) is 0. The number of nitrogens with zero attached hydrogens (tertiary/aromatic N) is 1. The zero-order valence-corrected chi connectivity index (χ0v) is 15.0. The number of likely N-dealkylation sites (tertiary alicyclic amines) is 1. The molecule has 1 aromatic heterocycles. The number of hydrogen-bond donors (Lipinski definition) is 1. The molecule has 2 aromatic rings. The molecule has 1 amide bonds. The summed E-state index contributed by atoms with van der Waals surface area (Å²) in [4.78, 5) is 14.5. The first-order valence-electron chi connectivity index (χ1n) is 9.07. The van der Waals surface area contributed by atoms with Crippen molar-refractivity contribution in [3.63, 3.8) is 0 Å². The zero-order chi connectivity index (χ0) is 18.4.